The van der Waals surface area contributed by atoms with Crippen molar-refractivity contribution in [2.45, 2.75) is 27.3 Å². The lowest BCUT2D eigenvalue weighted by molar-refractivity contribution is 0.0940. The minimum atomic E-state index is -0.370. The van der Waals surface area contributed by atoms with Crippen molar-refractivity contribution < 1.29 is 9.53 Å². The fourth-order valence-corrected chi connectivity index (χ4v) is 2.84. The molecule has 1 amide bonds. The number of ether oxygens (including phenoxy) is 1. The van der Waals surface area contributed by atoms with Gasteiger partial charge in [0.25, 0.3) is 17.2 Å². The molecule has 9 nitrogen and oxygen atoms in total. The molecule has 0 fully saturated rings. The Morgan fingerprint density at radius 1 is 1.15 bits per heavy atom. The molecule has 0 aromatic carbocycles. The summed E-state index contributed by atoms with van der Waals surface area (Å²) >= 11 is 0. The number of methoxy groups -OCH3 is 1. The molecule has 0 aliphatic carbocycles. The molecule has 0 spiro atoms. The first kappa shape index (κ1) is 17.6. The summed E-state index contributed by atoms with van der Waals surface area (Å²) in [5.41, 5.74) is 2.21. The highest BCUT2D eigenvalue weighted by atomic mass is 16.5. The Kier molecular flexibility index (Phi) is 4.70. The van der Waals surface area contributed by atoms with Gasteiger partial charge in [-0.1, -0.05) is 0 Å². The molecular formula is C17H20N6O3. The molecule has 136 valence electrons. The van der Waals surface area contributed by atoms with E-state index in [9.17, 15) is 9.59 Å². The number of pyridine rings is 1. The summed E-state index contributed by atoms with van der Waals surface area (Å²) < 4.78 is 8.25. The molecule has 26 heavy (non-hydrogen) atoms. The molecule has 3 rings (SSSR count). The maximum Gasteiger partial charge on any atom is 0.289 e. The highest BCUT2D eigenvalue weighted by molar-refractivity contribution is 5.91. The van der Waals surface area contributed by atoms with Crippen LogP contribution < -0.4 is 15.6 Å². The van der Waals surface area contributed by atoms with Crippen molar-refractivity contribution in [2.24, 2.45) is 0 Å². The predicted molar refractivity (Wildman–Crippen MR) is 94.6 cm³/mol. The smallest absolute Gasteiger partial charge is 0.289 e. The summed E-state index contributed by atoms with van der Waals surface area (Å²) in [7, 11) is 1.51. The van der Waals surface area contributed by atoms with Gasteiger partial charge in [-0.15, -0.1) is 10.2 Å². The molecule has 0 saturated carbocycles. The van der Waals surface area contributed by atoms with Crippen LogP contribution in [0.4, 0.5) is 0 Å². The van der Waals surface area contributed by atoms with Crippen LogP contribution >= 0.6 is 0 Å². The van der Waals surface area contributed by atoms with Gasteiger partial charge in [0.15, 0.2) is 0 Å². The largest absolute Gasteiger partial charge is 0.496 e. The minimum absolute atomic E-state index is 0.170. The van der Waals surface area contributed by atoms with Gasteiger partial charge in [-0.3, -0.25) is 14.0 Å². The third-order valence-electron chi connectivity index (χ3n) is 4.06. The van der Waals surface area contributed by atoms with E-state index in [1.165, 1.54) is 13.2 Å². The molecule has 1 N–H and O–H groups in total. The van der Waals surface area contributed by atoms with E-state index >= 15 is 0 Å². The summed E-state index contributed by atoms with van der Waals surface area (Å²) in [6, 6.07) is 5.04. The third kappa shape index (κ3) is 3.28. The molecule has 0 atom stereocenters. The van der Waals surface area contributed by atoms with E-state index in [4.69, 9.17) is 4.74 Å². The van der Waals surface area contributed by atoms with Gasteiger partial charge in [-0.05, 0) is 32.9 Å². The van der Waals surface area contributed by atoms with Crippen LogP contribution in [0.15, 0.2) is 23.0 Å². The minimum Gasteiger partial charge on any atom is -0.496 e. The zero-order valence-corrected chi connectivity index (χ0v) is 15.1. The fraction of sp³-hybridized carbons (Fsp3) is 0.353. The van der Waals surface area contributed by atoms with E-state index in [-0.39, 0.29) is 23.8 Å². The maximum absolute atomic E-state index is 12.4. The Bertz CT molecular complexity index is 1040. The molecule has 0 aliphatic rings. The Morgan fingerprint density at radius 3 is 2.62 bits per heavy atom. The monoisotopic (exact) mass is 356 g/mol. The molecule has 3 aromatic rings. The summed E-state index contributed by atoms with van der Waals surface area (Å²) in [5.74, 6) is 0.699. The van der Waals surface area contributed by atoms with Crippen molar-refractivity contribution in [3.05, 3.63) is 51.5 Å². The number of aryl methyl sites for hydroxylation is 3. The number of rotatable bonds is 5. The Hall–Kier alpha value is -3.23. The normalized spacial score (nSPS) is 10.9. The molecule has 9 heteroatoms. The highest BCUT2D eigenvalue weighted by Crippen LogP contribution is 2.09. The van der Waals surface area contributed by atoms with Crippen LogP contribution in [0.3, 0.4) is 0 Å². The van der Waals surface area contributed by atoms with E-state index in [1.54, 1.807) is 15.0 Å². The molecule has 0 saturated heterocycles. The van der Waals surface area contributed by atoms with Gasteiger partial charge in [-0.25, -0.2) is 4.98 Å². The van der Waals surface area contributed by atoms with Crippen LogP contribution in [-0.2, 0) is 6.54 Å². The number of hydrogen-bond donors (Lipinski definition) is 1. The fourth-order valence-electron chi connectivity index (χ4n) is 2.84. The molecule has 0 aliphatic heterocycles. The van der Waals surface area contributed by atoms with Crippen LogP contribution in [0.5, 0.6) is 5.75 Å². The van der Waals surface area contributed by atoms with Gasteiger partial charge < -0.3 is 14.6 Å². The van der Waals surface area contributed by atoms with Crippen molar-refractivity contribution in [1.82, 2.24) is 29.5 Å². The van der Waals surface area contributed by atoms with Crippen LogP contribution in [0, 0.1) is 20.8 Å². The number of carbonyl (C=O) groups excluding carboxylic acids is 1. The first-order chi connectivity index (χ1) is 12.4. The van der Waals surface area contributed by atoms with Gasteiger partial charge in [0.2, 0.25) is 5.82 Å². The van der Waals surface area contributed by atoms with Crippen molar-refractivity contribution in [1.29, 1.82) is 0 Å². The van der Waals surface area contributed by atoms with E-state index in [0.717, 1.165) is 17.1 Å². The van der Waals surface area contributed by atoms with E-state index in [1.807, 2.05) is 26.8 Å². The number of amides is 1. The zero-order chi connectivity index (χ0) is 18.8. The number of nitrogens with zero attached hydrogens (tertiary/aromatic N) is 5. The molecule has 0 unspecified atom stereocenters. The van der Waals surface area contributed by atoms with Crippen LogP contribution in [0.25, 0.3) is 5.78 Å². The van der Waals surface area contributed by atoms with Crippen LogP contribution in [0.1, 0.15) is 27.7 Å². The van der Waals surface area contributed by atoms with Gasteiger partial charge in [0.1, 0.15) is 5.75 Å². The second-order valence-electron chi connectivity index (χ2n) is 5.98. The van der Waals surface area contributed by atoms with Gasteiger partial charge in [0.05, 0.1) is 7.11 Å². The zero-order valence-electron chi connectivity index (χ0n) is 15.1. The van der Waals surface area contributed by atoms with Gasteiger partial charge in [0, 0.05) is 36.2 Å². The Labute approximate surface area is 149 Å². The van der Waals surface area contributed by atoms with Crippen LogP contribution in [0.2, 0.25) is 0 Å². The number of carbonyl (C=O) groups is 1. The van der Waals surface area contributed by atoms with Crippen molar-refractivity contribution >= 4 is 11.7 Å². The predicted octanol–water partition coefficient (Wildman–Crippen LogP) is 0.650. The van der Waals surface area contributed by atoms with Gasteiger partial charge >= 0.3 is 0 Å². The second-order valence-corrected chi connectivity index (χ2v) is 5.98. The average Bonchev–Trinajstić information content (AvgIpc) is 3.01. The summed E-state index contributed by atoms with van der Waals surface area (Å²) in [6.45, 7) is 6.15. The summed E-state index contributed by atoms with van der Waals surface area (Å²) in [4.78, 5) is 28.8. The van der Waals surface area contributed by atoms with Gasteiger partial charge in [-0.2, -0.15) is 0 Å². The molecule has 0 radical (unpaired) electrons. The Balaban J connectivity index is 1.74. The lowest BCUT2D eigenvalue weighted by Crippen LogP contribution is -2.32. The third-order valence-corrected chi connectivity index (χ3v) is 4.06. The quantitative estimate of drug-likeness (QED) is 0.720. The molecule has 3 aromatic heterocycles. The molecule has 3 heterocycles. The van der Waals surface area contributed by atoms with E-state index in [0.29, 0.717) is 18.1 Å². The first-order valence-corrected chi connectivity index (χ1v) is 8.13. The van der Waals surface area contributed by atoms with Crippen LogP contribution in [-0.4, -0.2) is 43.7 Å². The standard InChI is InChI=1S/C17H20N6O3/c1-10-7-12(3)23-15(20-21-17(23)19-10)16(25)18-5-6-22-11(2)8-13(26-4)9-14(22)24/h7-9H,5-6H2,1-4H3,(H,18,25). The Morgan fingerprint density at radius 2 is 1.92 bits per heavy atom. The van der Waals surface area contributed by atoms with E-state index in [2.05, 4.69) is 20.5 Å². The van der Waals surface area contributed by atoms with Crippen molar-refractivity contribution in [3.8, 4) is 5.75 Å². The summed E-state index contributed by atoms with van der Waals surface area (Å²) in [6.07, 6.45) is 0. The highest BCUT2D eigenvalue weighted by Gasteiger charge is 2.16. The number of nitrogens with one attached hydrogen (secondary N) is 1. The SMILES string of the molecule is COc1cc(C)n(CCNC(=O)c2nnc3nc(C)cc(C)n23)c(=O)c1. The average molecular weight is 356 g/mol. The topological polar surface area (TPSA) is 103 Å². The first-order valence-electron chi connectivity index (χ1n) is 8.13. The lowest BCUT2D eigenvalue weighted by atomic mass is 10.3. The number of hydrogen-bond acceptors (Lipinski definition) is 6. The molecular weight excluding hydrogens is 336 g/mol. The summed E-state index contributed by atoms with van der Waals surface area (Å²) in [5, 5.41) is 10.7. The number of fused-ring (bicyclic) bond motifs is 1. The molecule has 0 bridgehead atoms. The van der Waals surface area contributed by atoms with E-state index < -0.39 is 0 Å². The lowest BCUT2D eigenvalue weighted by Gasteiger charge is -2.11. The number of aromatic nitrogens is 5. The van der Waals surface area contributed by atoms with Crippen molar-refractivity contribution in [3.63, 3.8) is 0 Å². The maximum atomic E-state index is 12.4. The van der Waals surface area contributed by atoms with Crippen molar-refractivity contribution in [2.75, 3.05) is 13.7 Å². The second kappa shape index (κ2) is 6.95.